The van der Waals surface area contributed by atoms with Gasteiger partial charge in [0, 0.05) is 24.5 Å². The van der Waals surface area contributed by atoms with Crippen LogP contribution in [0.25, 0.3) is 5.69 Å². The Morgan fingerprint density at radius 3 is 2.38 bits per heavy atom. The Labute approximate surface area is 93.4 Å². The summed E-state index contributed by atoms with van der Waals surface area (Å²) in [6, 6.07) is 6.68. The number of aromatic nitrogens is 2. The third-order valence-electron chi connectivity index (χ3n) is 2.93. The van der Waals surface area contributed by atoms with Gasteiger partial charge < -0.3 is 5.11 Å². The molecule has 2 aromatic rings. The number of phenolic OH excluding ortho intramolecular Hbond substituents is 1. The van der Waals surface area contributed by atoms with E-state index in [2.05, 4.69) is 0 Å². The molecule has 0 radical (unpaired) electrons. The van der Waals surface area contributed by atoms with Gasteiger partial charge in [-0.15, -0.1) is 0 Å². The molecule has 1 N–H and O–H groups in total. The van der Waals surface area contributed by atoms with Gasteiger partial charge in [0.2, 0.25) is 0 Å². The van der Waals surface area contributed by atoms with Crippen LogP contribution in [0.1, 0.15) is 11.4 Å². The molecule has 0 saturated heterocycles. The van der Waals surface area contributed by atoms with E-state index in [1.807, 2.05) is 13.8 Å². The van der Waals surface area contributed by atoms with Gasteiger partial charge in [-0.25, -0.2) is 4.79 Å². The molecule has 4 nitrogen and oxygen atoms in total. The zero-order valence-corrected chi connectivity index (χ0v) is 9.56. The van der Waals surface area contributed by atoms with Crippen molar-refractivity contribution < 1.29 is 5.11 Å². The SMILES string of the molecule is Cc1c(C)n(-c2cccc(O)c2)c(=O)n1C. The van der Waals surface area contributed by atoms with Crippen molar-refractivity contribution in [2.75, 3.05) is 0 Å². The maximum absolute atomic E-state index is 12.0. The summed E-state index contributed by atoms with van der Waals surface area (Å²) >= 11 is 0. The summed E-state index contributed by atoms with van der Waals surface area (Å²) in [6.07, 6.45) is 0. The van der Waals surface area contributed by atoms with Gasteiger partial charge in [-0.3, -0.25) is 9.13 Å². The van der Waals surface area contributed by atoms with Gasteiger partial charge in [0.25, 0.3) is 0 Å². The molecule has 0 saturated carbocycles. The molecule has 0 unspecified atom stereocenters. The van der Waals surface area contributed by atoms with E-state index in [0.717, 1.165) is 11.4 Å². The summed E-state index contributed by atoms with van der Waals surface area (Å²) in [4.78, 5) is 12.0. The van der Waals surface area contributed by atoms with E-state index in [1.54, 1.807) is 40.4 Å². The summed E-state index contributed by atoms with van der Waals surface area (Å²) in [7, 11) is 1.74. The molecule has 1 aromatic heterocycles. The fourth-order valence-corrected chi connectivity index (χ4v) is 1.78. The van der Waals surface area contributed by atoms with Crippen LogP contribution in [0.5, 0.6) is 5.75 Å². The minimum absolute atomic E-state index is 0.0967. The molecule has 0 aliphatic rings. The van der Waals surface area contributed by atoms with Gasteiger partial charge in [-0.2, -0.15) is 0 Å². The molecule has 4 heteroatoms. The van der Waals surface area contributed by atoms with Gasteiger partial charge in [-0.1, -0.05) is 6.07 Å². The molecule has 0 aliphatic carbocycles. The Morgan fingerprint density at radius 2 is 1.88 bits per heavy atom. The quantitative estimate of drug-likeness (QED) is 0.788. The summed E-state index contributed by atoms with van der Waals surface area (Å²) in [5, 5.41) is 9.41. The molecule has 0 fully saturated rings. The van der Waals surface area contributed by atoms with Gasteiger partial charge >= 0.3 is 5.69 Å². The number of hydrogen-bond acceptors (Lipinski definition) is 2. The number of nitrogens with zero attached hydrogens (tertiary/aromatic N) is 2. The van der Waals surface area contributed by atoms with Crippen molar-refractivity contribution in [1.82, 2.24) is 9.13 Å². The topological polar surface area (TPSA) is 47.2 Å². The van der Waals surface area contributed by atoms with Crippen molar-refractivity contribution in [2.45, 2.75) is 13.8 Å². The van der Waals surface area contributed by atoms with E-state index < -0.39 is 0 Å². The monoisotopic (exact) mass is 218 g/mol. The maximum atomic E-state index is 12.0. The molecule has 0 bridgehead atoms. The fraction of sp³-hybridized carbons (Fsp3) is 0.250. The van der Waals surface area contributed by atoms with Crippen LogP contribution < -0.4 is 5.69 Å². The second-order valence-corrected chi connectivity index (χ2v) is 3.87. The Bertz CT molecular complexity index is 594. The van der Waals surface area contributed by atoms with Crippen LogP contribution in [0, 0.1) is 13.8 Å². The predicted octanol–water partition coefficient (Wildman–Crippen LogP) is 1.50. The van der Waals surface area contributed by atoms with E-state index >= 15 is 0 Å². The number of hydrogen-bond donors (Lipinski definition) is 1. The normalized spacial score (nSPS) is 10.7. The Balaban J connectivity index is 2.75. The number of benzene rings is 1. The van der Waals surface area contributed by atoms with Crippen LogP contribution in [0.4, 0.5) is 0 Å². The lowest BCUT2D eigenvalue weighted by molar-refractivity contribution is 0.475. The highest BCUT2D eigenvalue weighted by Crippen LogP contribution is 2.16. The van der Waals surface area contributed by atoms with Crippen LogP contribution in [0.2, 0.25) is 0 Å². The number of aromatic hydroxyl groups is 1. The van der Waals surface area contributed by atoms with Gasteiger partial charge in [0.05, 0.1) is 5.69 Å². The first-order valence-corrected chi connectivity index (χ1v) is 5.06. The largest absolute Gasteiger partial charge is 0.508 e. The molecule has 0 aliphatic heterocycles. The van der Waals surface area contributed by atoms with E-state index in [1.165, 1.54) is 0 Å². The number of rotatable bonds is 1. The standard InChI is InChI=1S/C12H14N2O2/c1-8-9(2)14(12(16)13(8)3)10-5-4-6-11(15)7-10/h4-7,15H,1-3H3. The van der Waals surface area contributed by atoms with Crippen molar-refractivity contribution in [2.24, 2.45) is 7.05 Å². The molecule has 0 atom stereocenters. The van der Waals surface area contributed by atoms with Gasteiger partial charge in [-0.05, 0) is 26.0 Å². The summed E-state index contributed by atoms with van der Waals surface area (Å²) in [5.74, 6) is 0.158. The highest BCUT2D eigenvalue weighted by atomic mass is 16.3. The Kier molecular flexibility index (Phi) is 2.34. The lowest BCUT2D eigenvalue weighted by atomic mass is 10.3. The van der Waals surface area contributed by atoms with E-state index in [4.69, 9.17) is 0 Å². The van der Waals surface area contributed by atoms with Crippen molar-refractivity contribution >= 4 is 0 Å². The first-order valence-electron chi connectivity index (χ1n) is 5.06. The van der Waals surface area contributed by atoms with E-state index in [-0.39, 0.29) is 11.4 Å². The molecule has 1 aromatic carbocycles. The second kappa shape index (κ2) is 3.56. The molecular weight excluding hydrogens is 204 g/mol. The zero-order chi connectivity index (χ0) is 11.9. The molecular formula is C12H14N2O2. The molecule has 0 spiro atoms. The third kappa shape index (κ3) is 1.43. The average molecular weight is 218 g/mol. The van der Waals surface area contributed by atoms with Crippen molar-refractivity contribution in [3.05, 3.63) is 46.1 Å². The minimum Gasteiger partial charge on any atom is -0.508 e. The molecule has 84 valence electrons. The number of imidazole rings is 1. The average Bonchev–Trinajstić information content (AvgIpc) is 2.44. The summed E-state index contributed by atoms with van der Waals surface area (Å²) in [6.45, 7) is 3.79. The minimum atomic E-state index is -0.0967. The summed E-state index contributed by atoms with van der Waals surface area (Å²) < 4.78 is 3.19. The lowest BCUT2D eigenvalue weighted by Crippen LogP contribution is -2.21. The Morgan fingerprint density at radius 1 is 1.19 bits per heavy atom. The summed E-state index contributed by atoms with van der Waals surface area (Å²) in [5.41, 5.74) is 2.40. The smallest absolute Gasteiger partial charge is 0.332 e. The molecule has 16 heavy (non-hydrogen) atoms. The third-order valence-corrected chi connectivity index (χ3v) is 2.93. The Hall–Kier alpha value is -1.97. The van der Waals surface area contributed by atoms with Crippen LogP contribution in [0.15, 0.2) is 29.1 Å². The molecule has 2 rings (SSSR count). The maximum Gasteiger partial charge on any atom is 0.332 e. The second-order valence-electron chi connectivity index (χ2n) is 3.87. The predicted molar refractivity (Wildman–Crippen MR) is 62.1 cm³/mol. The molecule has 1 heterocycles. The number of phenols is 1. The molecule has 0 amide bonds. The highest BCUT2D eigenvalue weighted by molar-refractivity contribution is 5.40. The van der Waals surface area contributed by atoms with E-state index in [9.17, 15) is 9.90 Å². The van der Waals surface area contributed by atoms with Crippen molar-refractivity contribution in [1.29, 1.82) is 0 Å². The van der Waals surface area contributed by atoms with Gasteiger partial charge in [0.1, 0.15) is 5.75 Å². The first-order chi connectivity index (χ1) is 7.52. The highest BCUT2D eigenvalue weighted by Gasteiger charge is 2.12. The van der Waals surface area contributed by atoms with Crippen molar-refractivity contribution in [3.63, 3.8) is 0 Å². The lowest BCUT2D eigenvalue weighted by Gasteiger charge is -2.04. The van der Waals surface area contributed by atoms with Crippen LogP contribution in [0.3, 0.4) is 0 Å². The van der Waals surface area contributed by atoms with Crippen LogP contribution in [-0.4, -0.2) is 14.2 Å². The van der Waals surface area contributed by atoms with Crippen LogP contribution >= 0.6 is 0 Å². The first kappa shape index (κ1) is 10.5. The van der Waals surface area contributed by atoms with Gasteiger partial charge in [0.15, 0.2) is 0 Å². The fourth-order valence-electron chi connectivity index (χ4n) is 1.78. The van der Waals surface area contributed by atoms with Crippen LogP contribution in [-0.2, 0) is 7.05 Å². The van der Waals surface area contributed by atoms with E-state index in [0.29, 0.717) is 5.69 Å². The zero-order valence-electron chi connectivity index (χ0n) is 9.56. The van der Waals surface area contributed by atoms with Crippen molar-refractivity contribution in [3.8, 4) is 11.4 Å².